The van der Waals surface area contributed by atoms with Crippen LogP contribution in [0.2, 0.25) is 0 Å². The normalized spacial score (nSPS) is 18.5. The van der Waals surface area contributed by atoms with Gasteiger partial charge in [-0.25, -0.2) is 0 Å². The Balaban J connectivity index is 1.51. The van der Waals surface area contributed by atoms with E-state index in [0.29, 0.717) is 0 Å². The van der Waals surface area contributed by atoms with Gasteiger partial charge in [-0.05, 0) is 43.4 Å². The molecule has 5 heteroatoms. The van der Waals surface area contributed by atoms with Crippen molar-refractivity contribution < 1.29 is 14.4 Å². The fourth-order valence-corrected chi connectivity index (χ4v) is 5.03. The molecule has 138 valence electrons. The van der Waals surface area contributed by atoms with Crippen LogP contribution in [0.5, 0.6) is 0 Å². The topological polar surface area (TPSA) is 42.8 Å². The maximum absolute atomic E-state index is 12.9. The van der Waals surface area contributed by atoms with Gasteiger partial charge in [0, 0.05) is 4.88 Å². The molecule has 1 aliphatic heterocycles. The molecule has 0 unspecified atom stereocenters. The molecule has 0 saturated carbocycles. The van der Waals surface area contributed by atoms with Crippen LogP contribution in [0.15, 0.2) is 30.3 Å². The van der Waals surface area contributed by atoms with Gasteiger partial charge in [-0.3, -0.25) is 4.79 Å². The van der Waals surface area contributed by atoms with Crippen LogP contribution in [-0.2, 0) is 17.6 Å². The minimum atomic E-state index is 0.0353. The molecule has 0 spiro atoms. The third-order valence-corrected chi connectivity index (χ3v) is 6.68. The SMILES string of the molecule is Cc1ccc([C@H](C[NH+]2CCOCC2)NC(=O)c2cc3c(s2)CCC3)cc1. The van der Waals surface area contributed by atoms with E-state index in [4.69, 9.17) is 4.74 Å². The van der Waals surface area contributed by atoms with Gasteiger partial charge in [0.2, 0.25) is 0 Å². The number of thiophene rings is 1. The van der Waals surface area contributed by atoms with E-state index in [1.54, 1.807) is 11.3 Å². The van der Waals surface area contributed by atoms with E-state index in [1.807, 2.05) is 0 Å². The summed E-state index contributed by atoms with van der Waals surface area (Å²) >= 11 is 1.68. The van der Waals surface area contributed by atoms with Gasteiger partial charge >= 0.3 is 0 Å². The number of aryl methyl sites for hydroxylation is 3. The van der Waals surface area contributed by atoms with Crippen LogP contribution in [-0.4, -0.2) is 38.8 Å². The maximum Gasteiger partial charge on any atom is 0.262 e. The summed E-state index contributed by atoms with van der Waals surface area (Å²) in [6.45, 7) is 6.63. The van der Waals surface area contributed by atoms with Crippen molar-refractivity contribution >= 4 is 17.2 Å². The molecule has 0 bridgehead atoms. The Kier molecular flexibility index (Phi) is 5.38. The number of rotatable bonds is 5. The second kappa shape index (κ2) is 7.91. The zero-order valence-corrected chi connectivity index (χ0v) is 16.2. The first-order chi connectivity index (χ1) is 12.7. The predicted molar refractivity (Wildman–Crippen MR) is 104 cm³/mol. The fraction of sp³-hybridized carbons (Fsp3) is 0.476. The minimum absolute atomic E-state index is 0.0353. The molecular weight excluding hydrogens is 344 g/mol. The van der Waals surface area contributed by atoms with Crippen molar-refractivity contribution in [2.24, 2.45) is 0 Å². The first-order valence-electron chi connectivity index (χ1n) is 9.59. The molecule has 1 aromatic heterocycles. The molecule has 4 nitrogen and oxygen atoms in total. The summed E-state index contributed by atoms with van der Waals surface area (Å²) in [5.74, 6) is 0.0719. The Morgan fingerprint density at radius 2 is 2.00 bits per heavy atom. The summed E-state index contributed by atoms with van der Waals surface area (Å²) < 4.78 is 5.48. The molecule has 2 aromatic rings. The largest absolute Gasteiger partial charge is 0.370 e. The fourth-order valence-electron chi connectivity index (χ4n) is 3.87. The maximum atomic E-state index is 12.9. The van der Waals surface area contributed by atoms with E-state index in [1.165, 1.54) is 32.9 Å². The van der Waals surface area contributed by atoms with E-state index in [-0.39, 0.29) is 11.9 Å². The second-order valence-electron chi connectivity index (χ2n) is 7.42. The number of benzene rings is 1. The molecule has 1 amide bonds. The highest BCUT2D eigenvalue weighted by Gasteiger charge is 2.25. The van der Waals surface area contributed by atoms with Crippen LogP contribution >= 0.6 is 11.3 Å². The Morgan fingerprint density at radius 1 is 1.23 bits per heavy atom. The van der Waals surface area contributed by atoms with Crippen molar-refractivity contribution in [2.45, 2.75) is 32.2 Å². The van der Waals surface area contributed by atoms with Crippen molar-refractivity contribution in [3.05, 3.63) is 56.8 Å². The monoisotopic (exact) mass is 371 g/mol. The lowest BCUT2D eigenvalue weighted by molar-refractivity contribution is -0.909. The van der Waals surface area contributed by atoms with Crippen LogP contribution in [0.1, 0.15) is 43.7 Å². The highest BCUT2D eigenvalue weighted by atomic mass is 32.1. The average molecular weight is 372 g/mol. The lowest BCUT2D eigenvalue weighted by atomic mass is 10.0. The number of quaternary nitrogens is 1. The number of morpholine rings is 1. The summed E-state index contributed by atoms with van der Waals surface area (Å²) in [7, 11) is 0. The number of carbonyl (C=O) groups excluding carboxylic acids is 1. The molecule has 4 rings (SSSR count). The molecule has 2 heterocycles. The van der Waals surface area contributed by atoms with E-state index in [9.17, 15) is 4.79 Å². The zero-order valence-electron chi connectivity index (χ0n) is 15.3. The van der Waals surface area contributed by atoms with Gasteiger partial charge in [-0.2, -0.15) is 0 Å². The Labute approximate surface area is 159 Å². The van der Waals surface area contributed by atoms with Gasteiger partial charge < -0.3 is 15.0 Å². The zero-order chi connectivity index (χ0) is 17.9. The molecule has 26 heavy (non-hydrogen) atoms. The van der Waals surface area contributed by atoms with Crippen molar-refractivity contribution in [2.75, 3.05) is 32.8 Å². The number of ether oxygens (including phenoxy) is 1. The number of hydrogen-bond acceptors (Lipinski definition) is 3. The molecule has 0 radical (unpaired) electrons. The molecule has 1 aliphatic carbocycles. The molecule has 2 N–H and O–H groups in total. The van der Waals surface area contributed by atoms with Gasteiger partial charge in [-0.1, -0.05) is 29.8 Å². The molecule has 1 atom stereocenters. The van der Waals surface area contributed by atoms with Gasteiger partial charge in [0.25, 0.3) is 5.91 Å². The third kappa shape index (κ3) is 4.00. The first-order valence-corrected chi connectivity index (χ1v) is 10.4. The molecule has 1 fully saturated rings. The van der Waals surface area contributed by atoms with Gasteiger partial charge in [-0.15, -0.1) is 11.3 Å². The van der Waals surface area contributed by atoms with Crippen molar-refractivity contribution in [3.8, 4) is 0 Å². The highest BCUT2D eigenvalue weighted by molar-refractivity contribution is 7.14. The van der Waals surface area contributed by atoms with Gasteiger partial charge in [0.15, 0.2) is 0 Å². The summed E-state index contributed by atoms with van der Waals surface area (Å²) in [5.41, 5.74) is 3.81. The minimum Gasteiger partial charge on any atom is -0.370 e. The van der Waals surface area contributed by atoms with Crippen molar-refractivity contribution in [3.63, 3.8) is 0 Å². The number of nitrogens with one attached hydrogen (secondary N) is 2. The van der Waals surface area contributed by atoms with E-state index in [2.05, 4.69) is 42.6 Å². The number of fused-ring (bicyclic) bond motifs is 1. The van der Waals surface area contributed by atoms with E-state index in [0.717, 1.165) is 50.6 Å². The first kappa shape index (κ1) is 17.7. The van der Waals surface area contributed by atoms with Crippen molar-refractivity contribution in [1.29, 1.82) is 0 Å². The number of hydrogen-bond donors (Lipinski definition) is 2. The Hall–Kier alpha value is -1.69. The highest BCUT2D eigenvalue weighted by Crippen LogP contribution is 2.30. The van der Waals surface area contributed by atoms with Gasteiger partial charge in [0.05, 0.1) is 18.1 Å². The van der Waals surface area contributed by atoms with Crippen LogP contribution in [0, 0.1) is 6.92 Å². The summed E-state index contributed by atoms with van der Waals surface area (Å²) in [5, 5.41) is 3.31. The molecular formula is C21H27N2O2S+. The predicted octanol–water partition coefficient (Wildman–Crippen LogP) is 1.93. The average Bonchev–Trinajstić information content (AvgIpc) is 3.25. The van der Waals surface area contributed by atoms with Crippen LogP contribution < -0.4 is 10.2 Å². The van der Waals surface area contributed by atoms with Gasteiger partial charge in [0.1, 0.15) is 25.7 Å². The Bertz CT molecular complexity index is 741. The second-order valence-corrected chi connectivity index (χ2v) is 8.55. The van der Waals surface area contributed by atoms with E-state index < -0.39 is 0 Å². The molecule has 2 aliphatic rings. The van der Waals surface area contributed by atoms with Crippen molar-refractivity contribution in [1.82, 2.24) is 5.32 Å². The number of amides is 1. The third-order valence-electron chi connectivity index (χ3n) is 5.45. The quantitative estimate of drug-likeness (QED) is 0.843. The van der Waals surface area contributed by atoms with Crippen LogP contribution in [0.4, 0.5) is 0 Å². The Morgan fingerprint density at radius 3 is 2.73 bits per heavy atom. The standard InChI is InChI=1S/C21H26N2O2S/c1-15-5-7-16(8-6-15)18(14-23-9-11-25-12-10-23)22-21(24)20-13-17-3-2-4-19(17)26-20/h5-8,13,18H,2-4,9-12,14H2,1H3,(H,22,24)/p+1/t18-/m0/s1. The van der Waals surface area contributed by atoms with E-state index >= 15 is 0 Å². The van der Waals surface area contributed by atoms with Crippen LogP contribution in [0.3, 0.4) is 0 Å². The summed E-state index contributed by atoms with van der Waals surface area (Å²) in [6.07, 6.45) is 3.49. The molecule has 1 aromatic carbocycles. The number of carbonyl (C=O) groups is 1. The lowest BCUT2D eigenvalue weighted by Gasteiger charge is -2.28. The molecule has 1 saturated heterocycles. The lowest BCUT2D eigenvalue weighted by Crippen LogP contribution is -3.14. The smallest absolute Gasteiger partial charge is 0.262 e. The summed E-state index contributed by atoms with van der Waals surface area (Å²) in [4.78, 5) is 16.7. The summed E-state index contributed by atoms with van der Waals surface area (Å²) in [6, 6.07) is 10.7. The van der Waals surface area contributed by atoms with Crippen LogP contribution in [0.25, 0.3) is 0 Å².